The zero-order valence-electron chi connectivity index (χ0n) is 90.8. The molecule has 0 aliphatic heterocycles. The van der Waals surface area contributed by atoms with Gasteiger partial charge in [-0.2, -0.15) is 0 Å². The minimum Gasteiger partial charge on any atom is -1.00 e. The maximum Gasteiger partial charge on any atom is 0.0786 e. The van der Waals surface area contributed by atoms with Crippen LogP contribution in [0.5, 0.6) is 0 Å². The van der Waals surface area contributed by atoms with E-state index in [4.69, 9.17) is 0 Å². The quantitative estimate of drug-likeness (QED) is 0.0421. The van der Waals surface area contributed by atoms with E-state index < -0.39 is 0 Å². The van der Waals surface area contributed by atoms with Gasteiger partial charge in [-0.15, -0.1) is 0 Å². The maximum atomic E-state index is 2.34. The Balaban J connectivity index is -0.000000424. The minimum atomic E-state index is 0. The van der Waals surface area contributed by atoms with Crippen LogP contribution in [0.2, 0.25) is 0 Å². The van der Waals surface area contributed by atoms with E-state index in [1.807, 2.05) is 0 Å². The van der Waals surface area contributed by atoms with Gasteiger partial charge < -0.3 is 50.7 Å². The van der Waals surface area contributed by atoms with Crippen LogP contribution in [0.3, 0.4) is 0 Å². The Labute approximate surface area is 823 Å². The van der Waals surface area contributed by atoms with Crippen molar-refractivity contribution in [3.63, 3.8) is 0 Å². The molecule has 0 aromatic carbocycles. The van der Waals surface area contributed by atoms with Gasteiger partial charge in [-0.3, -0.25) is 0 Å². The fraction of sp³-hybridized carbons (Fsp3) is 1.00. The predicted molar refractivity (Wildman–Crippen MR) is 571 cm³/mol. The van der Waals surface area contributed by atoms with E-state index in [-0.39, 0.29) is 37.2 Å². The van der Waals surface area contributed by atoms with Crippen LogP contribution in [0, 0.1) is 0 Å². The van der Waals surface area contributed by atoms with Gasteiger partial charge in [0.1, 0.15) is 0 Å². The first-order chi connectivity index (χ1) is 60.7. The fourth-order valence-corrected chi connectivity index (χ4v) is 21.0. The van der Waals surface area contributed by atoms with Crippen LogP contribution in [-0.4, -0.2) is 92.0 Å². The molecule has 768 valence electrons. The van der Waals surface area contributed by atoms with Crippen molar-refractivity contribution in [3.8, 4) is 0 Å². The molecule has 0 saturated carbocycles. The first-order valence-electron chi connectivity index (χ1n) is 60.3. The second-order valence-corrected chi connectivity index (χ2v) is 42.4. The summed E-state index contributed by atoms with van der Waals surface area (Å²) < 4.78 is 4.45. The standard InChI is InChI=1S/3C40H84N.3ClH/c3*1-5-9-13-17-21-25-29-33-37-41(38-34-30-26-22-18-14-10-6-2,39-35-31-27-23-19-15-11-7-3)40-36-32-28-24-20-16-12-8-4;;;/h3*5-40H2,1-4H3;3*1H/q3*+1;;;/p-3. The first kappa shape index (κ1) is 137. The second-order valence-electron chi connectivity index (χ2n) is 42.4. The van der Waals surface area contributed by atoms with Gasteiger partial charge >= 0.3 is 0 Å². The number of unbranched alkanes of at least 4 members (excludes halogenated alkanes) is 84. The van der Waals surface area contributed by atoms with Gasteiger partial charge in [0.05, 0.1) is 78.5 Å². The van der Waals surface area contributed by atoms with Gasteiger partial charge in [0.25, 0.3) is 0 Å². The average molecular weight is 1840 g/mol. The molecule has 0 atom stereocenters. The molecule has 0 rings (SSSR count). The molecule has 0 radical (unpaired) electrons. The number of quaternary nitrogens is 3. The summed E-state index contributed by atoms with van der Waals surface area (Å²) in [6.07, 6.45) is 140. The normalized spacial score (nSPS) is 11.7. The van der Waals surface area contributed by atoms with Crippen LogP contribution in [0.1, 0.15) is 699 Å². The highest BCUT2D eigenvalue weighted by atomic mass is 35.5. The van der Waals surface area contributed by atoms with Crippen LogP contribution < -0.4 is 37.2 Å². The molecule has 0 unspecified atom stereocenters. The average Bonchev–Trinajstić information content (AvgIpc) is 0.882. The SMILES string of the molecule is CCCCCCCCCC[N+](CCCCCCCCCC)(CCCCCCCCCC)CCCCCCCCCC.CCCCCCCCCC[N+](CCCCCCCCCC)(CCCCCCCCCC)CCCCCCCCCC.CCCCCCCCCC[N+](CCCCCCCCCC)(CCCCCCCCCC)CCCCCCCCCC.[Cl-].[Cl-].[Cl-]. The molecular formula is C120H252Cl3N3. The molecule has 0 spiro atoms. The van der Waals surface area contributed by atoms with Crippen molar-refractivity contribution in [2.45, 2.75) is 699 Å². The molecule has 0 aromatic heterocycles. The Hall–Kier alpha value is 0.750. The van der Waals surface area contributed by atoms with Gasteiger partial charge in [0.2, 0.25) is 0 Å². The van der Waals surface area contributed by atoms with Crippen LogP contribution in [0.25, 0.3) is 0 Å². The van der Waals surface area contributed by atoms with Crippen LogP contribution >= 0.6 is 0 Å². The highest BCUT2D eigenvalue weighted by Crippen LogP contribution is 2.27. The molecule has 6 heteroatoms. The molecule has 0 fully saturated rings. The Morgan fingerprint density at radius 3 is 0.175 bits per heavy atom. The molecule has 0 N–H and O–H groups in total. The molecule has 0 amide bonds. The Kier molecular flexibility index (Phi) is 133. The third kappa shape index (κ3) is 108. The largest absolute Gasteiger partial charge is 1.00 e. The summed E-state index contributed by atoms with van der Waals surface area (Å²) in [6, 6.07) is 0. The first-order valence-corrected chi connectivity index (χ1v) is 60.3. The van der Waals surface area contributed by atoms with Gasteiger partial charge in [0, 0.05) is 0 Å². The van der Waals surface area contributed by atoms with Crippen molar-refractivity contribution < 1.29 is 50.7 Å². The van der Waals surface area contributed by atoms with Crippen molar-refractivity contribution in [3.05, 3.63) is 0 Å². The topological polar surface area (TPSA) is 0 Å². The van der Waals surface area contributed by atoms with E-state index in [1.54, 1.807) is 0 Å². The summed E-state index contributed by atoms with van der Waals surface area (Å²) in [6.45, 7) is 45.8. The maximum absolute atomic E-state index is 2.34. The lowest BCUT2D eigenvalue weighted by atomic mass is 10.0. The van der Waals surface area contributed by atoms with E-state index in [9.17, 15) is 0 Å². The lowest BCUT2D eigenvalue weighted by Crippen LogP contribution is -3.00. The summed E-state index contributed by atoms with van der Waals surface area (Å²) in [7, 11) is 0. The second kappa shape index (κ2) is 122. The van der Waals surface area contributed by atoms with E-state index in [0.29, 0.717) is 0 Å². The molecule has 3 nitrogen and oxygen atoms in total. The van der Waals surface area contributed by atoms with Crippen LogP contribution in [0.15, 0.2) is 0 Å². The van der Waals surface area contributed by atoms with Crippen molar-refractivity contribution >= 4 is 0 Å². The number of rotatable bonds is 108. The van der Waals surface area contributed by atoms with Crippen molar-refractivity contribution in [2.75, 3.05) is 78.5 Å². The van der Waals surface area contributed by atoms with Gasteiger partial charge in [0.15, 0.2) is 0 Å². The zero-order chi connectivity index (χ0) is 89.9. The molecular weight excluding hydrogens is 1590 g/mol. The van der Waals surface area contributed by atoms with Crippen molar-refractivity contribution in [1.29, 1.82) is 0 Å². The van der Waals surface area contributed by atoms with Gasteiger partial charge in [-0.05, 0) is 154 Å². The molecule has 0 aliphatic rings. The van der Waals surface area contributed by atoms with Crippen LogP contribution in [0.4, 0.5) is 0 Å². The monoisotopic (exact) mass is 1840 g/mol. The third-order valence-corrected chi connectivity index (χ3v) is 29.8. The molecule has 0 aliphatic carbocycles. The number of hydrogen-bond donors (Lipinski definition) is 0. The van der Waals surface area contributed by atoms with Crippen molar-refractivity contribution in [2.24, 2.45) is 0 Å². The smallest absolute Gasteiger partial charge is 0.0786 e. The Morgan fingerprint density at radius 1 is 0.0714 bits per heavy atom. The lowest BCUT2D eigenvalue weighted by Gasteiger charge is -2.40. The van der Waals surface area contributed by atoms with E-state index >= 15 is 0 Å². The number of halogens is 3. The molecule has 126 heavy (non-hydrogen) atoms. The van der Waals surface area contributed by atoms with E-state index in [0.717, 1.165) is 0 Å². The summed E-state index contributed by atoms with van der Waals surface area (Å²) in [4.78, 5) is 0. The Bertz CT molecular complexity index is 1340. The number of hydrogen-bond acceptors (Lipinski definition) is 0. The summed E-state index contributed by atoms with van der Waals surface area (Å²) in [5.41, 5.74) is 0. The fourth-order valence-electron chi connectivity index (χ4n) is 21.0. The predicted octanol–water partition coefficient (Wildman–Crippen LogP) is 34.1. The lowest BCUT2D eigenvalue weighted by molar-refractivity contribution is -0.929. The van der Waals surface area contributed by atoms with E-state index in [1.165, 1.54) is 708 Å². The highest BCUT2D eigenvalue weighted by molar-refractivity contribution is 4.62. The van der Waals surface area contributed by atoms with Crippen molar-refractivity contribution in [1.82, 2.24) is 0 Å². The van der Waals surface area contributed by atoms with E-state index in [2.05, 4.69) is 83.1 Å². The molecule has 0 saturated heterocycles. The van der Waals surface area contributed by atoms with Crippen LogP contribution in [-0.2, 0) is 0 Å². The highest BCUT2D eigenvalue weighted by Gasteiger charge is 2.29. The van der Waals surface area contributed by atoms with Gasteiger partial charge in [-0.1, -0.05) is 545 Å². The molecule has 0 aromatic rings. The zero-order valence-corrected chi connectivity index (χ0v) is 93.1. The Morgan fingerprint density at radius 2 is 0.119 bits per heavy atom. The third-order valence-electron chi connectivity index (χ3n) is 29.8. The summed E-state index contributed by atoms with van der Waals surface area (Å²) >= 11 is 0. The molecule has 0 heterocycles. The summed E-state index contributed by atoms with van der Waals surface area (Å²) in [5, 5.41) is 0. The number of nitrogens with zero attached hydrogens (tertiary/aromatic N) is 3. The minimum absolute atomic E-state index is 0. The summed E-state index contributed by atoms with van der Waals surface area (Å²) in [5.74, 6) is 0. The molecule has 0 bridgehead atoms. The van der Waals surface area contributed by atoms with Gasteiger partial charge in [-0.25, -0.2) is 0 Å².